The Bertz CT molecular complexity index is 978. The summed E-state index contributed by atoms with van der Waals surface area (Å²) in [6.45, 7) is 7.14. The highest BCUT2D eigenvalue weighted by Gasteiger charge is 2.29. The fourth-order valence-corrected chi connectivity index (χ4v) is 3.80. The summed E-state index contributed by atoms with van der Waals surface area (Å²) >= 11 is 0. The number of rotatable bonds is 8. The van der Waals surface area contributed by atoms with Crippen molar-refractivity contribution in [3.05, 3.63) is 45.7 Å². The van der Waals surface area contributed by atoms with Crippen molar-refractivity contribution in [3.63, 3.8) is 0 Å². The molecule has 1 aliphatic heterocycles. The molecule has 1 aromatic carbocycles. The van der Waals surface area contributed by atoms with Crippen LogP contribution in [0.1, 0.15) is 49.2 Å². The van der Waals surface area contributed by atoms with Gasteiger partial charge in [-0.1, -0.05) is 13.8 Å². The van der Waals surface area contributed by atoms with Gasteiger partial charge in [-0.15, -0.1) is 0 Å². The first-order valence-corrected chi connectivity index (χ1v) is 10.3. The fraction of sp³-hybridized carbons (Fsp3) is 0.478. The predicted octanol–water partition coefficient (Wildman–Crippen LogP) is 3.57. The van der Waals surface area contributed by atoms with E-state index < -0.39 is 11.4 Å². The molecule has 0 amide bonds. The average Bonchev–Trinajstić information content (AvgIpc) is 2.70. The van der Waals surface area contributed by atoms with E-state index in [-0.39, 0.29) is 29.9 Å². The van der Waals surface area contributed by atoms with Gasteiger partial charge in [0.15, 0.2) is 16.9 Å². The molecule has 30 heavy (non-hydrogen) atoms. The van der Waals surface area contributed by atoms with E-state index in [0.717, 1.165) is 17.5 Å². The Hall–Kier alpha value is -2.80. The summed E-state index contributed by atoms with van der Waals surface area (Å²) in [5.74, 6) is 0.0806. The monoisotopic (exact) mass is 415 g/mol. The second-order valence-electron chi connectivity index (χ2n) is 7.75. The Balaban J connectivity index is 2.05. The zero-order valence-electron chi connectivity index (χ0n) is 17.9. The molecule has 1 unspecified atom stereocenters. The molecule has 162 valence electrons. The summed E-state index contributed by atoms with van der Waals surface area (Å²) in [4.78, 5) is 24.9. The van der Waals surface area contributed by atoms with Gasteiger partial charge in [-0.25, -0.2) is 4.79 Å². The number of hydrogen-bond acceptors (Lipinski definition) is 6. The molecule has 2 aromatic rings. The van der Waals surface area contributed by atoms with Crippen molar-refractivity contribution in [1.29, 1.82) is 0 Å². The van der Waals surface area contributed by atoms with Crippen LogP contribution in [0.15, 0.2) is 29.2 Å². The largest absolute Gasteiger partial charge is 0.504 e. The number of methoxy groups -OCH3 is 1. The highest BCUT2D eigenvalue weighted by atomic mass is 16.5. The van der Waals surface area contributed by atoms with E-state index in [1.165, 1.54) is 6.07 Å². The van der Waals surface area contributed by atoms with Gasteiger partial charge in [-0.2, -0.15) is 0 Å². The van der Waals surface area contributed by atoms with Crippen molar-refractivity contribution in [1.82, 2.24) is 4.57 Å². The first-order chi connectivity index (χ1) is 14.4. The van der Waals surface area contributed by atoms with Crippen molar-refractivity contribution in [2.45, 2.75) is 39.7 Å². The summed E-state index contributed by atoms with van der Waals surface area (Å²) in [6.07, 6.45) is 3.01. The number of aromatic nitrogens is 1. The molecule has 0 saturated heterocycles. The van der Waals surface area contributed by atoms with Crippen molar-refractivity contribution in [2.75, 3.05) is 26.9 Å². The van der Waals surface area contributed by atoms with Gasteiger partial charge in [-0.3, -0.25) is 4.79 Å². The SMILES string of the molecule is CCOC(=O)c1cn2c(cc1=O)-c1cc(O)c(OCCCOC)cc1CC2C(C)C. The highest BCUT2D eigenvalue weighted by Crippen LogP contribution is 2.42. The van der Waals surface area contributed by atoms with Crippen LogP contribution in [-0.2, 0) is 15.9 Å². The number of carbonyl (C=O) groups excluding carboxylic acids is 1. The van der Waals surface area contributed by atoms with Gasteiger partial charge < -0.3 is 23.9 Å². The molecular weight excluding hydrogens is 386 g/mol. The lowest BCUT2D eigenvalue weighted by molar-refractivity contribution is 0.0523. The van der Waals surface area contributed by atoms with Crippen molar-refractivity contribution >= 4 is 5.97 Å². The number of phenolic OH excluding ortho intramolecular Hbond substituents is 1. The maximum atomic E-state index is 12.6. The third kappa shape index (κ3) is 4.36. The Morgan fingerprint density at radius 1 is 1.27 bits per heavy atom. The van der Waals surface area contributed by atoms with Gasteiger partial charge in [0.1, 0.15) is 5.56 Å². The first-order valence-electron chi connectivity index (χ1n) is 10.3. The standard InChI is InChI=1S/C23H29NO6/c1-5-29-23(27)17-13-24-18(14(2)3)9-15-10-22(30-8-6-7-28-4)21(26)11-16(15)19(24)12-20(17)25/h10-14,18,26H,5-9H2,1-4H3. The number of benzene rings is 1. The molecule has 1 atom stereocenters. The van der Waals surface area contributed by atoms with Crippen LogP contribution < -0.4 is 10.2 Å². The number of nitrogens with zero attached hydrogens (tertiary/aromatic N) is 1. The van der Waals surface area contributed by atoms with Gasteiger partial charge >= 0.3 is 5.97 Å². The predicted molar refractivity (Wildman–Crippen MR) is 113 cm³/mol. The first kappa shape index (κ1) is 21.9. The molecule has 0 spiro atoms. The molecule has 0 bridgehead atoms. The zero-order valence-corrected chi connectivity index (χ0v) is 17.9. The van der Waals surface area contributed by atoms with E-state index in [0.29, 0.717) is 31.1 Å². The van der Waals surface area contributed by atoms with Gasteiger partial charge in [-0.05, 0) is 37.0 Å². The second-order valence-corrected chi connectivity index (χ2v) is 7.75. The number of esters is 1. The topological polar surface area (TPSA) is 87.0 Å². The van der Waals surface area contributed by atoms with E-state index in [1.54, 1.807) is 26.3 Å². The number of carbonyl (C=O) groups is 1. The molecule has 7 nitrogen and oxygen atoms in total. The van der Waals surface area contributed by atoms with E-state index in [1.807, 2.05) is 10.6 Å². The molecule has 2 heterocycles. The number of hydrogen-bond donors (Lipinski definition) is 1. The van der Waals surface area contributed by atoms with Crippen LogP contribution in [0, 0.1) is 5.92 Å². The van der Waals surface area contributed by atoms with Gasteiger partial charge in [0.2, 0.25) is 0 Å². The smallest absolute Gasteiger partial charge is 0.343 e. The Morgan fingerprint density at radius 3 is 2.70 bits per heavy atom. The van der Waals surface area contributed by atoms with Crippen LogP contribution in [0.25, 0.3) is 11.3 Å². The van der Waals surface area contributed by atoms with Crippen molar-refractivity contribution < 1.29 is 24.1 Å². The molecule has 0 aliphatic carbocycles. The molecule has 1 aromatic heterocycles. The van der Waals surface area contributed by atoms with Crippen LogP contribution in [0.3, 0.4) is 0 Å². The lowest BCUT2D eigenvalue weighted by Crippen LogP contribution is -2.28. The summed E-state index contributed by atoms with van der Waals surface area (Å²) in [7, 11) is 1.63. The third-order valence-corrected chi connectivity index (χ3v) is 5.34. The molecule has 1 N–H and O–H groups in total. The minimum atomic E-state index is -0.617. The minimum absolute atomic E-state index is 0.0163. The van der Waals surface area contributed by atoms with Crippen LogP contribution in [-0.4, -0.2) is 42.6 Å². The summed E-state index contributed by atoms with van der Waals surface area (Å²) in [5, 5.41) is 10.5. The summed E-state index contributed by atoms with van der Waals surface area (Å²) < 4.78 is 17.7. The average molecular weight is 415 g/mol. The molecule has 0 fully saturated rings. The third-order valence-electron chi connectivity index (χ3n) is 5.34. The number of phenols is 1. The normalized spacial score (nSPS) is 14.9. The van der Waals surface area contributed by atoms with E-state index in [9.17, 15) is 14.7 Å². The Kier molecular flexibility index (Phi) is 6.82. The minimum Gasteiger partial charge on any atom is -0.504 e. The second kappa shape index (κ2) is 9.34. The molecule has 7 heteroatoms. The lowest BCUT2D eigenvalue weighted by Gasteiger charge is -2.33. The van der Waals surface area contributed by atoms with Gasteiger partial charge in [0.05, 0.1) is 18.9 Å². The van der Waals surface area contributed by atoms with Crippen LogP contribution in [0.2, 0.25) is 0 Å². The maximum absolute atomic E-state index is 12.6. The Morgan fingerprint density at radius 2 is 2.03 bits per heavy atom. The van der Waals surface area contributed by atoms with E-state index in [2.05, 4.69) is 13.8 Å². The number of aromatic hydroxyl groups is 1. The van der Waals surface area contributed by atoms with Crippen molar-refractivity contribution in [2.24, 2.45) is 5.92 Å². The fourth-order valence-electron chi connectivity index (χ4n) is 3.80. The van der Waals surface area contributed by atoms with Crippen LogP contribution in [0.5, 0.6) is 11.5 Å². The summed E-state index contributed by atoms with van der Waals surface area (Å²) in [5.41, 5.74) is 2.07. The van der Waals surface area contributed by atoms with E-state index >= 15 is 0 Å². The van der Waals surface area contributed by atoms with E-state index in [4.69, 9.17) is 14.2 Å². The quantitative estimate of drug-likeness (QED) is 0.524. The molecule has 3 rings (SSSR count). The van der Waals surface area contributed by atoms with Crippen LogP contribution in [0.4, 0.5) is 0 Å². The van der Waals surface area contributed by atoms with Crippen LogP contribution >= 0.6 is 0 Å². The molecule has 1 aliphatic rings. The molecule has 0 radical (unpaired) electrons. The number of pyridine rings is 1. The molecule has 0 saturated carbocycles. The zero-order chi connectivity index (χ0) is 21.8. The highest BCUT2D eigenvalue weighted by molar-refractivity contribution is 5.89. The maximum Gasteiger partial charge on any atom is 0.343 e. The summed E-state index contributed by atoms with van der Waals surface area (Å²) in [6, 6.07) is 4.98. The molecular formula is C23H29NO6. The number of ether oxygens (including phenoxy) is 3. The van der Waals surface area contributed by atoms with Crippen molar-refractivity contribution in [3.8, 4) is 22.8 Å². The Labute approximate surface area is 176 Å². The van der Waals surface area contributed by atoms with Gasteiger partial charge in [0.25, 0.3) is 0 Å². The van der Waals surface area contributed by atoms with Gasteiger partial charge in [0, 0.05) is 44.0 Å². The number of fused-ring (bicyclic) bond motifs is 3. The lowest BCUT2D eigenvalue weighted by atomic mass is 9.87.